The number of phenols is 1. The standard InChI is InChI=1S/C17H18INO2/c1-11-7-6-9-14(16(11)18)17(21)19(3)12(2)13-8-4-5-10-15(13)20/h4-10,12,20H,1-3H3. The van der Waals surface area contributed by atoms with Gasteiger partial charge >= 0.3 is 0 Å². The Kier molecular flexibility index (Phi) is 4.88. The molecule has 3 nitrogen and oxygen atoms in total. The van der Waals surface area contributed by atoms with Gasteiger partial charge in [-0.15, -0.1) is 0 Å². The van der Waals surface area contributed by atoms with Crippen LogP contribution in [0.15, 0.2) is 42.5 Å². The summed E-state index contributed by atoms with van der Waals surface area (Å²) in [6, 6.07) is 12.6. The zero-order chi connectivity index (χ0) is 15.6. The summed E-state index contributed by atoms with van der Waals surface area (Å²) in [5.74, 6) is 0.169. The molecule has 0 fully saturated rings. The van der Waals surface area contributed by atoms with Crippen LogP contribution < -0.4 is 0 Å². The Labute approximate surface area is 138 Å². The molecule has 0 saturated carbocycles. The first-order valence-corrected chi connectivity index (χ1v) is 7.81. The van der Waals surface area contributed by atoms with Crippen LogP contribution in [0.5, 0.6) is 5.75 Å². The highest BCUT2D eigenvalue weighted by atomic mass is 127. The number of carbonyl (C=O) groups is 1. The number of benzene rings is 2. The number of hydrogen-bond donors (Lipinski definition) is 1. The summed E-state index contributed by atoms with van der Waals surface area (Å²) in [6.07, 6.45) is 0. The third-order valence-corrected chi connectivity index (χ3v) is 5.14. The third-order valence-electron chi connectivity index (χ3n) is 3.71. The molecule has 1 N–H and O–H groups in total. The zero-order valence-corrected chi connectivity index (χ0v) is 14.5. The predicted molar refractivity (Wildman–Crippen MR) is 92.5 cm³/mol. The molecule has 1 amide bonds. The number of nitrogens with zero attached hydrogens (tertiary/aromatic N) is 1. The first-order chi connectivity index (χ1) is 9.93. The van der Waals surface area contributed by atoms with Gasteiger partial charge in [-0.05, 0) is 54.1 Å². The summed E-state index contributed by atoms with van der Waals surface area (Å²) in [6.45, 7) is 3.90. The van der Waals surface area contributed by atoms with Gasteiger partial charge in [-0.3, -0.25) is 4.79 Å². The van der Waals surface area contributed by atoms with Gasteiger partial charge in [-0.1, -0.05) is 30.3 Å². The first kappa shape index (κ1) is 15.8. The molecular weight excluding hydrogens is 377 g/mol. The lowest BCUT2D eigenvalue weighted by Gasteiger charge is -2.26. The Balaban J connectivity index is 2.31. The Bertz CT molecular complexity index is 670. The van der Waals surface area contributed by atoms with E-state index in [1.807, 2.05) is 44.2 Å². The topological polar surface area (TPSA) is 40.5 Å². The van der Waals surface area contributed by atoms with Gasteiger partial charge in [-0.25, -0.2) is 0 Å². The number of aromatic hydroxyl groups is 1. The second-order valence-electron chi connectivity index (χ2n) is 5.09. The molecule has 2 rings (SSSR count). The lowest BCUT2D eigenvalue weighted by molar-refractivity contribution is 0.0740. The van der Waals surface area contributed by atoms with E-state index in [-0.39, 0.29) is 17.7 Å². The minimum Gasteiger partial charge on any atom is -0.508 e. The van der Waals surface area contributed by atoms with Gasteiger partial charge in [0.25, 0.3) is 5.91 Å². The average molecular weight is 395 g/mol. The molecule has 0 aromatic heterocycles. The van der Waals surface area contributed by atoms with Gasteiger partial charge in [0.05, 0.1) is 11.6 Å². The maximum atomic E-state index is 12.7. The number of rotatable bonds is 3. The van der Waals surface area contributed by atoms with Gasteiger partial charge in [0.2, 0.25) is 0 Å². The van der Waals surface area contributed by atoms with Crippen molar-refractivity contribution in [1.82, 2.24) is 4.90 Å². The Morgan fingerprint density at radius 1 is 1.19 bits per heavy atom. The van der Waals surface area contributed by atoms with Crippen molar-refractivity contribution >= 4 is 28.5 Å². The summed E-state index contributed by atoms with van der Waals surface area (Å²) >= 11 is 2.20. The molecule has 4 heteroatoms. The molecule has 2 aromatic rings. The maximum absolute atomic E-state index is 12.7. The molecule has 0 spiro atoms. The number of halogens is 1. The summed E-state index contributed by atoms with van der Waals surface area (Å²) in [5.41, 5.74) is 2.53. The number of amides is 1. The monoisotopic (exact) mass is 395 g/mol. The van der Waals surface area contributed by atoms with Crippen LogP contribution in [0.4, 0.5) is 0 Å². The normalized spacial score (nSPS) is 12.0. The fourth-order valence-electron chi connectivity index (χ4n) is 2.23. The number of carbonyl (C=O) groups excluding carboxylic acids is 1. The average Bonchev–Trinajstić information content (AvgIpc) is 2.48. The van der Waals surface area contributed by atoms with Crippen LogP contribution in [0.25, 0.3) is 0 Å². The van der Waals surface area contributed by atoms with Crippen molar-refractivity contribution in [2.45, 2.75) is 19.9 Å². The largest absolute Gasteiger partial charge is 0.508 e. The number of aryl methyl sites for hydroxylation is 1. The fourth-order valence-corrected chi connectivity index (χ4v) is 2.82. The number of phenolic OH excluding ortho intramolecular Hbond substituents is 1. The molecule has 0 aliphatic heterocycles. The van der Waals surface area contributed by atoms with Crippen LogP contribution in [0.3, 0.4) is 0 Å². The van der Waals surface area contributed by atoms with Gasteiger partial charge in [0.1, 0.15) is 5.75 Å². The van der Waals surface area contributed by atoms with Crippen molar-refractivity contribution in [3.05, 3.63) is 62.7 Å². The van der Waals surface area contributed by atoms with Crippen LogP contribution >= 0.6 is 22.6 Å². The molecule has 110 valence electrons. The van der Waals surface area contributed by atoms with Gasteiger partial charge in [0, 0.05) is 16.2 Å². The van der Waals surface area contributed by atoms with E-state index >= 15 is 0 Å². The van der Waals surface area contributed by atoms with Crippen LogP contribution in [0.1, 0.15) is 34.5 Å². The van der Waals surface area contributed by atoms with E-state index in [0.717, 1.165) is 14.7 Å². The molecule has 0 aliphatic rings. The molecule has 0 aliphatic carbocycles. The van der Waals surface area contributed by atoms with Crippen molar-refractivity contribution in [3.8, 4) is 5.75 Å². The van der Waals surface area contributed by atoms with E-state index in [9.17, 15) is 9.90 Å². The van der Waals surface area contributed by atoms with E-state index in [2.05, 4.69) is 22.6 Å². The zero-order valence-electron chi connectivity index (χ0n) is 12.3. The van der Waals surface area contributed by atoms with E-state index in [4.69, 9.17) is 0 Å². The van der Waals surface area contributed by atoms with Crippen molar-refractivity contribution in [2.24, 2.45) is 0 Å². The van der Waals surface area contributed by atoms with Crippen molar-refractivity contribution in [3.63, 3.8) is 0 Å². The molecule has 0 saturated heterocycles. The third kappa shape index (κ3) is 3.20. The van der Waals surface area contributed by atoms with Crippen LogP contribution in [0.2, 0.25) is 0 Å². The Morgan fingerprint density at radius 2 is 1.86 bits per heavy atom. The molecule has 0 radical (unpaired) electrons. The SMILES string of the molecule is Cc1cccc(C(=O)N(C)C(C)c2ccccc2O)c1I. The molecule has 0 heterocycles. The van der Waals surface area contributed by atoms with E-state index < -0.39 is 0 Å². The summed E-state index contributed by atoms with van der Waals surface area (Å²) < 4.78 is 0.969. The van der Waals surface area contributed by atoms with E-state index in [1.165, 1.54) is 0 Å². The second kappa shape index (κ2) is 6.47. The van der Waals surface area contributed by atoms with Gasteiger partial charge in [0.15, 0.2) is 0 Å². The number of hydrogen-bond acceptors (Lipinski definition) is 2. The van der Waals surface area contributed by atoms with Crippen molar-refractivity contribution in [2.75, 3.05) is 7.05 Å². The quantitative estimate of drug-likeness (QED) is 0.794. The highest BCUT2D eigenvalue weighted by Gasteiger charge is 2.22. The van der Waals surface area contributed by atoms with E-state index in [1.54, 1.807) is 24.1 Å². The number of para-hydroxylation sites is 1. The molecule has 1 atom stereocenters. The molecule has 0 bridgehead atoms. The van der Waals surface area contributed by atoms with Crippen LogP contribution in [0, 0.1) is 10.5 Å². The predicted octanol–water partition coefficient (Wildman–Crippen LogP) is 4.14. The summed E-state index contributed by atoms with van der Waals surface area (Å²) in [7, 11) is 1.76. The lowest BCUT2D eigenvalue weighted by Crippen LogP contribution is -2.30. The Hall–Kier alpha value is -1.56. The highest BCUT2D eigenvalue weighted by molar-refractivity contribution is 14.1. The Morgan fingerprint density at radius 3 is 2.52 bits per heavy atom. The molecule has 21 heavy (non-hydrogen) atoms. The lowest BCUT2D eigenvalue weighted by atomic mass is 10.0. The summed E-state index contributed by atoms with van der Waals surface area (Å²) in [5, 5.41) is 9.94. The molecular formula is C17H18INO2. The minimum absolute atomic E-state index is 0.0427. The second-order valence-corrected chi connectivity index (χ2v) is 6.17. The van der Waals surface area contributed by atoms with E-state index in [0.29, 0.717) is 5.56 Å². The van der Waals surface area contributed by atoms with Gasteiger partial charge in [-0.2, -0.15) is 0 Å². The smallest absolute Gasteiger partial charge is 0.255 e. The maximum Gasteiger partial charge on any atom is 0.255 e. The van der Waals surface area contributed by atoms with Crippen LogP contribution in [-0.2, 0) is 0 Å². The fraction of sp³-hybridized carbons (Fsp3) is 0.235. The molecule has 2 aromatic carbocycles. The summed E-state index contributed by atoms with van der Waals surface area (Å²) in [4.78, 5) is 14.3. The van der Waals surface area contributed by atoms with Crippen molar-refractivity contribution < 1.29 is 9.90 Å². The minimum atomic E-state index is -0.199. The van der Waals surface area contributed by atoms with Crippen LogP contribution in [-0.4, -0.2) is 23.0 Å². The van der Waals surface area contributed by atoms with Gasteiger partial charge < -0.3 is 10.0 Å². The molecule has 1 unspecified atom stereocenters. The van der Waals surface area contributed by atoms with Crippen molar-refractivity contribution in [1.29, 1.82) is 0 Å². The first-order valence-electron chi connectivity index (χ1n) is 6.73. The highest BCUT2D eigenvalue weighted by Crippen LogP contribution is 2.29.